The number of benzene rings is 2. The fourth-order valence-corrected chi connectivity index (χ4v) is 2.70. The fraction of sp³-hybridized carbons (Fsp3) is 0.125. The minimum absolute atomic E-state index is 0.0686. The van der Waals surface area contributed by atoms with Gasteiger partial charge in [0.05, 0.1) is 10.6 Å². The molecule has 0 spiro atoms. The first-order valence-electron chi connectivity index (χ1n) is 7.21. The number of carbonyl (C=O) groups excluding carboxylic acids is 2. The van der Waals surface area contributed by atoms with Crippen LogP contribution in [0.5, 0.6) is 5.75 Å². The fourth-order valence-electron chi connectivity index (χ4n) is 2.36. The number of nitro benzene ring substituents is 1. The number of hydrogen-bond acceptors (Lipinski definition) is 5. The Balaban J connectivity index is 1.72. The first kappa shape index (κ1) is 16.9. The largest absolute Gasteiger partial charge is 0.482 e. The molecule has 25 heavy (non-hydrogen) atoms. The van der Waals surface area contributed by atoms with Crippen LogP contribution in [-0.4, -0.2) is 29.9 Å². The second-order valence-electron chi connectivity index (χ2n) is 5.23. The Morgan fingerprint density at radius 1 is 1.28 bits per heavy atom. The quantitative estimate of drug-likeness (QED) is 0.622. The van der Waals surface area contributed by atoms with Crippen molar-refractivity contribution in [2.45, 2.75) is 0 Å². The van der Waals surface area contributed by atoms with Crippen LogP contribution < -0.4 is 15.0 Å². The van der Waals surface area contributed by atoms with E-state index in [1.807, 2.05) is 0 Å². The molecule has 128 valence electrons. The monoisotopic (exact) mass is 405 g/mol. The number of nitrogens with zero attached hydrogens (tertiary/aromatic N) is 2. The first-order chi connectivity index (χ1) is 11.9. The molecule has 1 aliphatic rings. The zero-order valence-electron chi connectivity index (χ0n) is 12.8. The number of rotatable bonds is 4. The number of fused-ring (bicyclic) bond motifs is 1. The van der Waals surface area contributed by atoms with E-state index in [9.17, 15) is 19.7 Å². The Morgan fingerprint density at radius 3 is 2.68 bits per heavy atom. The van der Waals surface area contributed by atoms with Gasteiger partial charge in [-0.3, -0.25) is 24.6 Å². The molecule has 0 saturated heterocycles. The van der Waals surface area contributed by atoms with Crippen LogP contribution in [0.1, 0.15) is 0 Å². The third kappa shape index (κ3) is 3.77. The highest BCUT2D eigenvalue weighted by molar-refractivity contribution is 9.10. The summed E-state index contributed by atoms with van der Waals surface area (Å²) in [5.74, 6) is -0.233. The van der Waals surface area contributed by atoms with Gasteiger partial charge in [-0.05, 0) is 30.3 Å². The summed E-state index contributed by atoms with van der Waals surface area (Å²) in [6.45, 7) is -0.331. The van der Waals surface area contributed by atoms with E-state index >= 15 is 0 Å². The maximum Gasteiger partial charge on any atom is 0.269 e. The molecule has 2 aromatic carbocycles. The minimum atomic E-state index is -0.521. The number of hydrogen-bond donors (Lipinski definition) is 1. The Hall–Kier alpha value is -2.94. The molecule has 9 heteroatoms. The maximum absolute atomic E-state index is 12.2. The average Bonchev–Trinajstić information content (AvgIpc) is 2.58. The van der Waals surface area contributed by atoms with Gasteiger partial charge in [-0.25, -0.2) is 0 Å². The van der Waals surface area contributed by atoms with Crippen molar-refractivity contribution in [2.75, 3.05) is 23.4 Å². The molecule has 0 radical (unpaired) electrons. The number of carbonyl (C=O) groups is 2. The van der Waals surface area contributed by atoms with Crippen molar-refractivity contribution < 1.29 is 19.2 Å². The summed E-state index contributed by atoms with van der Waals surface area (Å²) in [6.07, 6.45) is 0. The lowest BCUT2D eigenvalue weighted by Crippen LogP contribution is -2.43. The third-order valence-corrected chi connectivity index (χ3v) is 4.02. The van der Waals surface area contributed by atoms with Crippen molar-refractivity contribution >= 4 is 44.8 Å². The molecule has 0 saturated carbocycles. The van der Waals surface area contributed by atoms with Gasteiger partial charge in [-0.15, -0.1) is 0 Å². The van der Waals surface area contributed by atoms with E-state index in [1.165, 1.54) is 29.2 Å². The SMILES string of the molecule is O=C(CN1C(=O)COc2cc(Br)ccc21)Nc1ccc([N+](=O)[O-])cc1. The zero-order chi connectivity index (χ0) is 18.0. The number of amides is 2. The van der Waals surface area contributed by atoms with E-state index in [0.717, 1.165) is 4.47 Å². The predicted molar refractivity (Wildman–Crippen MR) is 93.7 cm³/mol. The van der Waals surface area contributed by atoms with E-state index < -0.39 is 10.8 Å². The van der Waals surface area contributed by atoms with E-state index in [4.69, 9.17) is 4.74 Å². The molecule has 0 aromatic heterocycles. The van der Waals surface area contributed by atoms with Crippen LogP contribution in [0.4, 0.5) is 17.1 Å². The standard InChI is InChI=1S/C16H12BrN3O5/c17-10-1-6-13-14(7-10)25-9-16(22)19(13)8-15(21)18-11-2-4-12(5-3-11)20(23)24/h1-7H,8-9H2,(H,18,21). The maximum atomic E-state index is 12.2. The Kier molecular flexibility index (Phi) is 4.66. The van der Waals surface area contributed by atoms with E-state index in [-0.39, 0.29) is 24.7 Å². The van der Waals surface area contributed by atoms with Gasteiger partial charge in [-0.1, -0.05) is 15.9 Å². The van der Waals surface area contributed by atoms with Gasteiger partial charge < -0.3 is 10.1 Å². The summed E-state index contributed by atoms with van der Waals surface area (Å²) in [7, 11) is 0. The van der Waals surface area contributed by atoms with Crippen molar-refractivity contribution in [3.05, 3.63) is 57.1 Å². The Bertz CT molecular complexity index is 853. The number of ether oxygens (including phenoxy) is 1. The molecule has 2 aromatic rings. The normalized spacial score (nSPS) is 13.0. The van der Waals surface area contributed by atoms with Gasteiger partial charge in [0.15, 0.2) is 6.61 Å². The van der Waals surface area contributed by atoms with Crippen molar-refractivity contribution in [3.63, 3.8) is 0 Å². The highest BCUT2D eigenvalue weighted by Crippen LogP contribution is 2.34. The highest BCUT2D eigenvalue weighted by Gasteiger charge is 2.27. The summed E-state index contributed by atoms with van der Waals surface area (Å²) in [4.78, 5) is 35.8. The van der Waals surface area contributed by atoms with Crippen LogP contribution in [-0.2, 0) is 9.59 Å². The number of anilines is 2. The van der Waals surface area contributed by atoms with Gasteiger partial charge >= 0.3 is 0 Å². The molecule has 0 fully saturated rings. The second kappa shape index (κ2) is 6.89. The smallest absolute Gasteiger partial charge is 0.269 e. The summed E-state index contributed by atoms with van der Waals surface area (Å²) in [6, 6.07) is 10.6. The molecule has 8 nitrogen and oxygen atoms in total. The lowest BCUT2D eigenvalue weighted by molar-refractivity contribution is -0.384. The van der Waals surface area contributed by atoms with E-state index in [2.05, 4.69) is 21.2 Å². The average molecular weight is 406 g/mol. The molecule has 0 atom stereocenters. The van der Waals surface area contributed by atoms with Crippen LogP contribution in [0.3, 0.4) is 0 Å². The lowest BCUT2D eigenvalue weighted by atomic mass is 10.2. The Morgan fingerprint density at radius 2 is 2.00 bits per heavy atom. The number of nitro groups is 1. The van der Waals surface area contributed by atoms with Crippen LogP contribution in [0, 0.1) is 10.1 Å². The van der Waals surface area contributed by atoms with Crippen molar-refractivity contribution in [1.82, 2.24) is 0 Å². The molecule has 2 amide bonds. The highest BCUT2D eigenvalue weighted by atomic mass is 79.9. The van der Waals surface area contributed by atoms with Crippen molar-refractivity contribution in [1.29, 1.82) is 0 Å². The predicted octanol–water partition coefficient (Wildman–Crippen LogP) is 2.72. The summed E-state index contributed by atoms with van der Waals surface area (Å²) < 4.78 is 6.17. The van der Waals surface area contributed by atoms with Crippen LogP contribution in [0.2, 0.25) is 0 Å². The van der Waals surface area contributed by atoms with Crippen LogP contribution in [0.15, 0.2) is 46.9 Å². The molecule has 0 bridgehead atoms. The van der Waals surface area contributed by atoms with Gasteiger partial charge in [-0.2, -0.15) is 0 Å². The topological polar surface area (TPSA) is 102 Å². The summed E-state index contributed by atoms with van der Waals surface area (Å²) in [5.41, 5.74) is 0.853. The Labute approximate surface area is 150 Å². The minimum Gasteiger partial charge on any atom is -0.482 e. The van der Waals surface area contributed by atoms with E-state index in [1.54, 1.807) is 18.2 Å². The van der Waals surface area contributed by atoms with Gasteiger partial charge in [0, 0.05) is 22.3 Å². The molecular weight excluding hydrogens is 394 g/mol. The molecule has 1 heterocycles. The van der Waals surface area contributed by atoms with Crippen LogP contribution >= 0.6 is 15.9 Å². The van der Waals surface area contributed by atoms with E-state index in [0.29, 0.717) is 17.1 Å². The molecule has 0 unspecified atom stereocenters. The molecule has 0 aliphatic carbocycles. The van der Waals surface area contributed by atoms with Crippen molar-refractivity contribution in [3.8, 4) is 5.75 Å². The van der Waals surface area contributed by atoms with Gasteiger partial charge in [0.2, 0.25) is 5.91 Å². The summed E-state index contributed by atoms with van der Waals surface area (Å²) >= 11 is 3.33. The molecular formula is C16H12BrN3O5. The molecule has 1 aliphatic heterocycles. The first-order valence-corrected chi connectivity index (χ1v) is 8.00. The number of halogens is 1. The number of non-ortho nitro benzene ring substituents is 1. The zero-order valence-corrected chi connectivity index (χ0v) is 14.4. The van der Waals surface area contributed by atoms with Gasteiger partial charge in [0.1, 0.15) is 12.3 Å². The summed E-state index contributed by atoms with van der Waals surface area (Å²) in [5, 5.41) is 13.2. The molecule has 1 N–H and O–H groups in total. The number of nitrogens with one attached hydrogen (secondary N) is 1. The van der Waals surface area contributed by atoms with Crippen LogP contribution in [0.25, 0.3) is 0 Å². The lowest BCUT2D eigenvalue weighted by Gasteiger charge is -2.29. The van der Waals surface area contributed by atoms with Gasteiger partial charge in [0.25, 0.3) is 11.6 Å². The molecule has 3 rings (SSSR count). The third-order valence-electron chi connectivity index (χ3n) is 3.53. The van der Waals surface area contributed by atoms with Crippen molar-refractivity contribution in [2.24, 2.45) is 0 Å². The second-order valence-corrected chi connectivity index (χ2v) is 6.15.